The van der Waals surface area contributed by atoms with Gasteiger partial charge in [-0.05, 0) is 71.8 Å². The van der Waals surface area contributed by atoms with Crippen molar-refractivity contribution in [2.75, 3.05) is 10.2 Å². The summed E-state index contributed by atoms with van der Waals surface area (Å²) in [6.07, 6.45) is 3.86. The van der Waals surface area contributed by atoms with Gasteiger partial charge in [-0.15, -0.1) is 0 Å². The number of nitrogens with one attached hydrogen (secondary N) is 1. The number of anilines is 3. The SMILES string of the molecule is O=C1/C(=C/c2ccccc2)C=C(c2ccc(Cl)cc2)N1c1ccc(Nc2ccccc2)cc1. The monoisotopic (exact) mass is 448 g/mol. The summed E-state index contributed by atoms with van der Waals surface area (Å²) in [4.78, 5) is 15.3. The summed E-state index contributed by atoms with van der Waals surface area (Å²) in [6.45, 7) is 0. The number of nitrogens with zero attached hydrogens (tertiary/aromatic N) is 1. The molecular weight excluding hydrogens is 428 g/mol. The van der Waals surface area contributed by atoms with Crippen molar-refractivity contribution in [3.63, 3.8) is 0 Å². The molecule has 0 fully saturated rings. The number of halogens is 1. The van der Waals surface area contributed by atoms with E-state index in [9.17, 15) is 4.79 Å². The summed E-state index contributed by atoms with van der Waals surface area (Å²) in [7, 11) is 0. The summed E-state index contributed by atoms with van der Waals surface area (Å²) in [5.41, 5.74) is 6.13. The third-order valence-corrected chi connectivity index (χ3v) is 5.68. The van der Waals surface area contributed by atoms with E-state index in [4.69, 9.17) is 11.6 Å². The second kappa shape index (κ2) is 9.19. The number of benzene rings is 4. The van der Waals surface area contributed by atoms with Gasteiger partial charge >= 0.3 is 0 Å². The predicted molar refractivity (Wildman–Crippen MR) is 138 cm³/mol. The van der Waals surface area contributed by atoms with Crippen LogP contribution in [0.4, 0.5) is 17.1 Å². The van der Waals surface area contributed by atoms with Gasteiger partial charge in [0.2, 0.25) is 0 Å². The van der Waals surface area contributed by atoms with Gasteiger partial charge in [0, 0.05) is 27.7 Å². The van der Waals surface area contributed by atoms with E-state index < -0.39 is 0 Å². The lowest BCUT2D eigenvalue weighted by atomic mass is 10.1. The van der Waals surface area contributed by atoms with Gasteiger partial charge in [-0.1, -0.05) is 72.3 Å². The molecule has 0 unspecified atom stereocenters. The van der Waals surface area contributed by atoms with Crippen LogP contribution in [-0.2, 0) is 4.79 Å². The summed E-state index contributed by atoms with van der Waals surface area (Å²) >= 11 is 6.10. The van der Waals surface area contributed by atoms with Gasteiger partial charge in [0.1, 0.15) is 0 Å². The van der Waals surface area contributed by atoms with Crippen LogP contribution in [0.15, 0.2) is 121 Å². The van der Waals surface area contributed by atoms with Crippen LogP contribution in [-0.4, -0.2) is 5.91 Å². The normalized spacial score (nSPS) is 14.5. The largest absolute Gasteiger partial charge is 0.356 e. The first kappa shape index (κ1) is 20.8. The molecule has 4 aromatic carbocycles. The number of hydrogen-bond donors (Lipinski definition) is 1. The number of hydrogen-bond acceptors (Lipinski definition) is 2. The van der Waals surface area contributed by atoms with E-state index in [0.717, 1.165) is 33.9 Å². The minimum atomic E-state index is -0.0624. The zero-order valence-electron chi connectivity index (χ0n) is 17.8. The minimum Gasteiger partial charge on any atom is -0.356 e. The highest BCUT2D eigenvalue weighted by atomic mass is 35.5. The van der Waals surface area contributed by atoms with Crippen LogP contribution >= 0.6 is 11.6 Å². The van der Waals surface area contributed by atoms with E-state index in [1.807, 2.05) is 121 Å². The highest BCUT2D eigenvalue weighted by Crippen LogP contribution is 2.36. The Morgan fingerprint density at radius 2 is 1.30 bits per heavy atom. The molecule has 4 heteroatoms. The van der Waals surface area contributed by atoms with Crippen molar-refractivity contribution in [1.82, 2.24) is 0 Å². The van der Waals surface area contributed by atoms with Gasteiger partial charge in [-0.2, -0.15) is 0 Å². The van der Waals surface area contributed by atoms with Crippen LogP contribution in [0.2, 0.25) is 5.02 Å². The summed E-state index contributed by atoms with van der Waals surface area (Å²) in [6, 6.07) is 35.3. The number of amides is 1. The van der Waals surface area contributed by atoms with Gasteiger partial charge in [-0.3, -0.25) is 9.69 Å². The molecule has 160 valence electrons. The second-order valence-corrected chi connectivity index (χ2v) is 8.16. The minimum absolute atomic E-state index is 0.0624. The molecule has 0 bridgehead atoms. The smallest absolute Gasteiger partial charge is 0.262 e. The number of rotatable bonds is 5. The first-order chi connectivity index (χ1) is 16.2. The van der Waals surface area contributed by atoms with Gasteiger partial charge in [0.25, 0.3) is 5.91 Å². The Hall–Kier alpha value is -4.08. The van der Waals surface area contributed by atoms with E-state index in [0.29, 0.717) is 10.6 Å². The van der Waals surface area contributed by atoms with Crippen molar-refractivity contribution in [3.8, 4) is 0 Å². The second-order valence-electron chi connectivity index (χ2n) is 7.73. The molecular formula is C29H21ClN2O. The maximum absolute atomic E-state index is 13.5. The van der Waals surface area contributed by atoms with E-state index in [-0.39, 0.29) is 5.91 Å². The molecule has 1 N–H and O–H groups in total. The van der Waals surface area contributed by atoms with Crippen LogP contribution < -0.4 is 10.2 Å². The average molecular weight is 449 g/mol. The quantitative estimate of drug-likeness (QED) is 0.319. The zero-order chi connectivity index (χ0) is 22.6. The summed E-state index contributed by atoms with van der Waals surface area (Å²) in [5, 5.41) is 4.04. The molecule has 1 aliphatic rings. The fourth-order valence-electron chi connectivity index (χ4n) is 3.82. The standard InChI is InChI=1S/C29H21ClN2O/c30-24-13-11-22(12-14-24)28-20-23(19-21-7-3-1-4-8-21)29(33)32(28)27-17-15-26(16-18-27)31-25-9-5-2-6-10-25/h1-20,31H/b23-19+. The Morgan fingerprint density at radius 3 is 1.97 bits per heavy atom. The molecule has 33 heavy (non-hydrogen) atoms. The molecule has 0 spiro atoms. The van der Waals surface area contributed by atoms with Gasteiger partial charge in [-0.25, -0.2) is 0 Å². The van der Waals surface area contributed by atoms with Crippen LogP contribution in [0.5, 0.6) is 0 Å². The first-order valence-electron chi connectivity index (χ1n) is 10.7. The number of carbonyl (C=O) groups is 1. The number of para-hydroxylation sites is 1. The fourth-order valence-corrected chi connectivity index (χ4v) is 3.94. The third kappa shape index (κ3) is 4.59. The summed E-state index contributed by atoms with van der Waals surface area (Å²) in [5.74, 6) is -0.0624. The Kier molecular flexibility index (Phi) is 5.79. The lowest BCUT2D eigenvalue weighted by Crippen LogP contribution is -2.24. The maximum atomic E-state index is 13.5. The van der Waals surface area contributed by atoms with Gasteiger partial charge < -0.3 is 5.32 Å². The van der Waals surface area contributed by atoms with Gasteiger partial charge in [0.05, 0.1) is 5.70 Å². The van der Waals surface area contributed by atoms with Crippen molar-refractivity contribution < 1.29 is 4.79 Å². The van der Waals surface area contributed by atoms with Crippen LogP contribution in [0.25, 0.3) is 11.8 Å². The first-order valence-corrected chi connectivity index (χ1v) is 11.1. The predicted octanol–water partition coefficient (Wildman–Crippen LogP) is 7.55. The lowest BCUT2D eigenvalue weighted by molar-refractivity contribution is -0.113. The van der Waals surface area contributed by atoms with E-state index >= 15 is 0 Å². The van der Waals surface area contributed by atoms with Crippen molar-refractivity contribution in [1.29, 1.82) is 0 Å². The molecule has 0 aliphatic carbocycles. The topological polar surface area (TPSA) is 32.3 Å². The third-order valence-electron chi connectivity index (χ3n) is 5.43. The van der Waals surface area contributed by atoms with E-state index in [1.165, 1.54) is 0 Å². The van der Waals surface area contributed by atoms with Crippen LogP contribution in [0, 0.1) is 0 Å². The van der Waals surface area contributed by atoms with Crippen molar-refractivity contribution in [2.24, 2.45) is 0 Å². The molecule has 1 heterocycles. The molecule has 1 amide bonds. The van der Waals surface area contributed by atoms with Crippen LogP contribution in [0.3, 0.4) is 0 Å². The van der Waals surface area contributed by atoms with Crippen molar-refractivity contribution in [2.45, 2.75) is 0 Å². The van der Waals surface area contributed by atoms with Crippen molar-refractivity contribution >= 4 is 46.3 Å². The maximum Gasteiger partial charge on any atom is 0.262 e. The Labute approximate surface area is 198 Å². The number of carbonyl (C=O) groups excluding carboxylic acids is 1. The average Bonchev–Trinajstić information content (AvgIpc) is 3.17. The zero-order valence-corrected chi connectivity index (χ0v) is 18.5. The lowest BCUT2D eigenvalue weighted by Gasteiger charge is -2.21. The molecule has 0 saturated heterocycles. The highest BCUT2D eigenvalue weighted by Gasteiger charge is 2.30. The Bertz CT molecular complexity index is 1330. The molecule has 3 nitrogen and oxygen atoms in total. The Balaban J connectivity index is 1.50. The van der Waals surface area contributed by atoms with Gasteiger partial charge in [0.15, 0.2) is 0 Å². The summed E-state index contributed by atoms with van der Waals surface area (Å²) < 4.78 is 0. The molecule has 4 aromatic rings. The Morgan fingerprint density at radius 1 is 0.697 bits per heavy atom. The molecule has 0 saturated carbocycles. The van der Waals surface area contributed by atoms with Crippen LogP contribution in [0.1, 0.15) is 11.1 Å². The molecule has 0 atom stereocenters. The molecule has 1 aliphatic heterocycles. The molecule has 5 rings (SSSR count). The fraction of sp³-hybridized carbons (Fsp3) is 0. The molecule has 0 radical (unpaired) electrons. The van der Waals surface area contributed by atoms with Crippen molar-refractivity contribution in [3.05, 3.63) is 137 Å². The highest BCUT2D eigenvalue weighted by molar-refractivity contribution is 6.30. The molecule has 0 aromatic heterocycles. The van der Waals surface area contributed by atoms with E-state index in [1.54, 1.807) is 4.90 Å². The van der Waals surface area contributed by atoms with E-state index in [2.05, 4.69) is 5.32 Å².